The van der Waals surface area contributed by atoms with Crippen LogP contribution in [0.15, 0.2) is 17.4 Å². The third kappa shape index (κ3) is 11.3. The molecular formula is C15H30IN5O2. The van der Waals surface area contributed by atoms with E-state index in [2.05, 4.69) is 26.9 Å². The van der Waals surface area contributed by atoms with Crippen LogP contribution in [0.1, 0.15) is 18.4 Å². The first-order chi connectivity index (χ1) is 10.8. The van der Waals surface area contributed by atoms with Crippen LogP contribution in [-0.4, -0.2) is 62.8 Å². The zero-order chi connectivity index (χ0) is 16.0. The Hall–Kier alpha value is -0.870. The number of hydrogen-bond donors (Lipinski definition) is 2. The minimum Gasteiger partial charge on any atom is -0.382 e. The van der Waals surface area contributed by atoms with Crippen LogP contribution in [0.3, 0.4) is 0 Å². The fraction of sp³-hybridized carbons (Fsp3) is 0.733. The second kappa shape index (κ2) is 14.7. The average molecular weight is 439 g/mol. The number of rotatable bonds is 11. The van der Waals surface area contributed by atoms with Crippen molar-refractivity contribution in [1.82, 2.24) is 20.4 Å². The van der Waals surface area contributed by atoms with E-state index >= 15 is 0 Å². The second-order valence-electron chi connectivity index (χ2n) is 5.01. The SMILES string of the molecule is CN=C(NCCCOCCOC)NCCCc1cnn(C)c1.I. The summed E-state index contributed by atoms with van der Waals surface area (Å²) in [5, 5.41) is 10.7. The topological polar surface area (TPSA) is 72.7 Å². The molecule has 1 aromatic heterocycles. The molecule has 0 radical (unpaired) electrons. The predicted octanol–water partition coefficient (Wildman–Crippen LogP) is 1.19. The van der Waals surface area contributed by atoms with Gasteiger partial charge in [-0.1, -0.05) is 0 Å². The number of guanidine groups is 1. The Morgan fingerprint density at radius 1 is 1.22 bits per heavy atom. The molecule has 1 heterocycles. The van der Waals surface area contributed by atoms with Crippen LogP contribution in [0.2, 0.25) is 0 Å². The minimum atomic E-state index is 0. The Labute approximate surface area is 156 Å². The molecule has 0 spiro atoms. The molecule has 23 heavy (non-hydrogen) atoms. The van der Waals surface area contributed by atoms with Crippen molar-refractivity contribution in [3.05, 3.63) is 18.0 Å². The highest BCUT2D eigenvalue weighted by Crippen LogP contribution is 1.99. The summed E-state index contributed by atoms with van der Waals surface area (Å²) in [5.41, 5.74) is 1.26. The van der Waals surface area contributed by atoms with Crippen LogP contribution >= 0.6 is 24.0 Å². The monoisotopic (exact) mass is 439 g/mol. The maximum absolute atomic E-state index is 5.41. The van der Waals surface area contributed by atoms with E-state index in [0.29, 0.717) is 13.2 Å². The van der Waals surface area contributed by atoms with Crippen molar-refractivity contribution < 1.29 is 9.47 Å². The lowest BCUT2D eigenvalue weighted by atomic mass is 10.2. The van der Waals surface area contributed by atoms with Gasteiger partial charge >= 0.3 is 0 Å². The third-order valence-electron chi connectivity index (χ3n) is 3.11. The van der Waals surface area contributed by atoms with Crippen LogP contribution in [0.5, 0.6) is 0 Å². The molecule has 0 amide bonds. The number of ether oxygens (including phenoxy) is 2. The van der Waals surface area contributed by atoms with E-state index in [0.717, 1.165) is 44.9 Å². The lowest BCUT2D eigenvalue weighted by Gasteiger charge is -2.11. The lowest BCUT2D eigenvalue weighted by Crippen LogP contribution is -2.38. The van der Waals surface area contributed by atoms with E-state index in [1.165, 1.54) is 5.56 Å². The smallest absolute Gasteiger partial charge is 0.190 e. The van der Waals surface area contributed by atoms with E-state index in [9.17, 15) is 0 Å². The molecule has 0 aliphatic carbocycles. The lowest BCUT2D eigenvalue weighted by molar-refractivity contribution is 0.0698. The molecule has 0 aliphatic heterocycles. The molecule has 0 bridgehead atoms. The predicted molar refractivity (Wildman–Crippen MR) is 104 cm³/mol. The largest absolute Gasteiger partial charge is 0.382 e. The van der Waals surface area contributed by atoms with Crippen molar-refractivity contribution in [3.63, 3.8) is 0 Å². The Kier molecular flexibility index (Phi) is 14.1. The van der Waals surface area contributed by atoms with Crippen molar-refractivity contribution in [2.24, 2.45) is 12.0 Å². The van der Waals surface area contributed by atoms with Crippen LogP contribution in [0, 0.1) is 0 Å². The number of nitrogens with zero attached hydrogens (tertiary/aromatic N) is 3. The van der Waals surface area contributed by atoms with Gasteiger partial charge in [0.2, 0.25) is 0 Å². The van der Waals surface area contributed by atoms with E-state index in [1.807, 2.05) is 17.9 Å². The van der Waals surface area contributed by atoms with Crippen molar-refractivity contribution >= 4 is 29.9 Å². The highest BCUT2D eigenvalue weighted by Gasteiger charge is 1.99. The fourth-order valence-corrected chi connectivity index (χ4v) is 1.95. The van der Waals surface area contributed by atoms with Crippen LogP contribution in [0.4, 0.5) is 0 Å². The molecule has 0 aliphatic rings. The zero-order valence-electron chi connectivity index (χ0n) is 14.4. The molecule has 0 atom stereocenters. The van der Waals surface area contributed by atoms with Gasteiger partial charge in [0.05, 0.1) is 19.4 Å². The Morgan fingerprint density at radius 3 is 2.57 bits per heavy atom. The van der Waals surface area contributed by atoms with Gasteiger partial charge in [-0.15, -0.1) is 24.0 Å². The Morgan fingerprint density at radius 2 is 1.96 bits per heavy atom. The summed E-state index contributed by atoms with van der Waals surface area (Å²) in [6.45, 7) is 3.76. The zero-order valence-corrected chi connectivity index (χ0v) is 16.7. The molecule has 8 heteroatoms. The Balaban J connectivity index is 0.00000484. The van der Waals surface area contributed by atoms with E-state index in [4.69, 9.17) is 9.47 Å². The van der Waals surface area contributed by atoms with Gasteiger partial charge in [0.1, 0.15) is 0 Å². The van der Waals surface area contributed by atoms with Gasteiger partial charge in [0.25, 0.3) is 0 Å². The minimum absolute atomic E-state index is 0. The molecule has 134 valence electrons. The summed E-state index contributed by atoms with van der Waals surface area (Å²) in [6, 6.07) is 0. The first-order valence-electron chi connectivity index (χ1n) is 7.75. The number of hydrogen-bond acceptors (Lipinski definition) is 4. The molecule has 0 fully saturated rings. The van der Waals surface area contributed by atoms with Gasteiger partial charge in [-0.2, -0.15) is 5.10 Å². The number of methoxy groups -OCH3 is 1. The normalized spacial score (nSPS) is 11.2. The highest BCUT2D eigenvalue weighted by molar-refractivity contribution is 14.0. The molecule has 1 rings (SSSR count). The highest BCUT2D eigenvalue weighted by atomic mass is 127. The number of halogens is 1. The maximum atomic E-state index is 5.41. The van der Waals surface area contributed by atoms with Crippen molar-refractivity contribution in [1.29, 1.82) is 0 Å². The van der Waals surface area contributed by atoms with Gasteiger partial charge in [-0.25, -0.2) is 0 Å². The number of nitrogens with one attached hydrogen (secondary N) is 2. The van der Waals surface area contributed by atoms with Crippen LogP contribution < -0.4 is 10.6 Å². The van der Waals surface area contributed by atoms with Gasteiger partial charge in [0, 0.05) is 47.1 Å². The van der Waals surface area contributed by atoms with Crippen LogP contribution in [-0.2, 0) is 22.9 Å². The van der Waals surface area contributed by atoms with Gasteiger partial charge in [0.15, 0.2) is 5.96 Å². The Bertz CT molecular complexity index is 426. The van der Waals surface area contributed by atoms with Gasteiger partial charge in [-0.05, 0) is 24.8 Å². The van der Waals surface area contributed by atoms with E-state index in [-0.39, 0.29) is 24.0 Å². The van der Waals surface area contributed by atoms with E-state index < -0.39 is 0 Å². The summed E-state index contributed by atoms with van der Waals surface area (Å²) < 4.78 is 12.2. The van der Waals surface area contributed by atoms with Crippen molar-refractivity contribution in [2.45, 2.75) is 19.3 Å². The molecule has 0 aromatic carbocycles. The summed E-state index contributed by atoms with van der Waals surface area (Å²) in [6.07, 6.45) is 6.98. The molecule has 0 unspecified atom stereocenters. The third-order valence-corrected chi connectivity index (χ3v) is 3.11. The van der Waals surface area contributed by atoms with E-state index in [1.54, 1.807) is 14.2 Å². The number of aryl methyl sites for hydroxylation is 2. The van der Waals surface area contributed by atoms with Gasteiger partial charge < -0.3 is 20.1 Å². The van der Waals surface area contributed by atoms with Crippen molar-refractivity contribution in [3.8, 4) is 0 Å². The maximum Gasteiger partial charge on any atom is 0.190 e. The van der Waals surface area contributed by atoms with Crippen LogP contribution in [0.25, 0.3) is 0 Å². The molecule has 2 N–H and O–H groups in total. The summed E-state index contributed by atoms with van der Waals surface area (Å²) >= 11 is 0. The molecular weight excluding hydrogens is 409 g/mol. The number of aliphatic imine (C=N–C) groups is 1. The first kappa shape index (κ1) is 22.1. The molecule has 1 aromatic rings. The summed E-state index contributed by atoms with van der Waals surface area (Å²) in [7, 11) is 5.40. The number of aromatic nitrogens is 2. The molecule has 0 saturated carbocycles. The summed E-state index contributed by atoms with van der Waals surface area (Å²) in [5.74, 6) is 0.836. The molecule has 0 saturated heterocycles. The quantitative estimate of drug-likeness (QED) is 0.235. The first-order valence-corrected chi connectivity index (χ1v) is 7.75. The van der Waals surface area contributed by atoms with Crippen molar-refractivity contribution in [2.75, 3.05) is 47.1 Å². The molecule has 7 nitrogen and oxygen atoms in total. The van der Waals surface area contributed by atoms with Gasteiger partial charge in [-0.3, -0.25) is 9.67 Å². The summed E-state index contributed by atoms with van der Waals surface area (Å²) in [4.78, 5) is 4.20. The second-order valence-corrected chi connectivity index (χ2v) is 5.01. The average Bonchev–Trinajstić information content (AvgIpc) is 2.94. The standard InChI is InChI=1S/C15H29N5O2.HI/c1-16-15(18-8-5-9-22-11-10-21-3)17-7-4-6-14-12-19-20(2)13-14;/h12-13H,4-11H2,1-3H3,(H2,16,17,18);1H. The fourth-order valence-electron chi connectivity index (χ4n) is 1.95.